The molecule has 9 nitrogen and oxygen atoms in total. The number of terminal acetylenes is 1. The fourth-order valence-corrected chi connectivity index (χ4v) is 5.02. The molecule has 4 unspecified atom stereocenters. The van der Waals surface area contributed by atoms with Crippen LogP contribution in [0.2, 0.25) is 0 Å². The summed E-state index contributed by atoms with van der Waals surface area (Å²) in [5, 5.41) is 19.7. The van der Waals surface area contributed by atoms with E-state index in [9.17, 15) is 23.1 Å². The van der Waals surface area contributed by atoms with E-state index >= 15 is 0 Å². The van der Waals surface area contributed by atoms with Crippen molar-refractivity contribution in [1.82, 2.24) is 20.3 Å². The van der Waals surface area contributed by atoms with E-state index in [2.05, 4.69) is 21.9 Å². The minimum atomic E-state index is -3.57. The second-order valence-corrected chi connectivity index (χ2v) is 11.4. The number of aliphatic hydroxyl groups excluding tert-OH is 1. The van der Waals surface area contributed by atoms with Gasteiger partial charge in [-0.1, -0.05) is 44.2 Å². The Morgan fingerprint density at radius 3 is 2.46 bits per heavy atom. The van der Waals surface area contributed by atoms with Crippen LogP contribution in [-0.4, -0.2) is 79.8 Å². The molecule has 1 heterocycles. The van der Waals surface area contributed by atoms with Crippen LogP contribution in [0.5, 0.6) is 0 Å². The predicted molar refractivity (Wildman–Crippen MR) is 136 cm³/mol. The average Bonchev–Trinajstić information content (AvgIpc) is 3.32. The summed E-state index contributed by atoms with van der Waals surface area (Å²) in [5.74, 6) is 1.66. The molecule has 0 spiro atoms. The van der Waals surface area contributed by atoms with Gasteiger partial charge in [0.25, 0.3) is 0 Å². The molecule has 2 amide bonds. The molecule has 4 atom stereocenters. The fraction of sp³-hybridized carbons (Fsp3) is 0.600. The van der Waals surface area contributed by atoms with Gasteiger partial charge in [-0.3, -0.25) is 9.59 Å². The first-order valence-electron chi connectivity index (χ1n) is 12.0. The lowest BCUT2D eigenvalue weighted by Crippen LogP contribution is -2.56. The zero-order valence-electron chi connectivity index (χ0n) is 20.7. The zero-order valence-corrected chi connectivity index (χ0v) is 21.6. The molecular weight excluding hydrogens is 468 g/mol. The molecule has 1 aromatic rings. The quantitative estimate of drug-likeness (QED) is 0.284. The first kappa shape index (κ1) is 28.8. The molecule has 194 valence electrons. The summed E-state index contributed by atoms with van der Waals surface area (Å²) in [6.07, 6.45) is 7.18. The standard InChI is InChI=1S/C25H38N4O5S/c1-5-10-21(27-24(31)20-13-9-14-26-20)25(32)28-22(15-19-11-7-6-8-12-19)23(30)17-29(16-18(2)3)35(4,33)34/h1,6-8,11-12,18,20-23,26,30H,9-10,13-17H2,2-4H3,(H,27,31)(H,28,32). The van der Waals surface area contributed by atoms with Gasteiger partial charge in [-0.15, -0.1) is 12.3 Å². The molecule has 1 aliphatic rings. The van der Waals surface area contributed by atoms with E-state index in [4.69, 9.17) is 6.42 Å². The van der Waals surface area contributed by atoms with Gasteiger partial charge in [0.1, 0.15) is 6.04 Å². The van der Waals surface area contributed by atoms with Crippen molar-refractivity contribution in [3.05, 3.63) is 35.9 Å². The summed E-state index contributed by atoms with van der Waals surface area (Å²) >= 11 is 0. The number of carbonyl (C=O) groups is 2. The van der Waals surface area contributed by atoms with E-state index in [1.54, 1.807) is 0 Å². The van der Waals surface area contributed by atoms with Gasteiger partial charge < -0.3 is 21.1 Å². The number of aliphatic hydroxyl groups is 1. The van der Waals surface area contributed by atoms with Gasteiger partial charge in [0, 0.05) is 19.5 Å². The number of nitrogens with one attached hydrogen (secondary N) is 3. The van der Waals surface area contributed by atoms with Crippen molar-refractivity contribution in [1.29, 1.82) is 0 Å². The van der Waals surface area contributed by atoms with Crippen LogP contribution < -0.4 is 16.0 Å². The maximum absolute atomic E-state index is 13.2. The van der Waals surface area contributed by atoms with E-state index in [1.807, 2.05) is 44.2 Å². The van der Waals surface area contributed by atoms with E-state index in [0.29, 0.717) is 6.42 Å². The van der Waals surface area contributed by atoms with E-state index in [0.717, 1.165) is 24.8 Å². The number of rotatable bonds is 13. The van der Waals surface area contributed by atoms with Crippen LogP contribution in [0.25, 0.3) is 0 Å². The van der Waals surface area contributed by atoms with Gasteiger partial charge in [0.15, 0.2) is 0 Å². The molecule has 1 aromatic carbocycles. The molecule has 1 fully saturated rings. The highest BCUT2D eigenvalue weighted by molar-refractivity contribution is 7.88. The number of hydrogen-bond acceptors (Lipinski definition) is 6. The highest BCUT2D eigenvalue weighted by Crippen LogP contribution is 2.12. The Morgan fingerprint density at radius 1 is 1.23 bits per heavy atom. The van der Waals surface area contributed by atoms with Gasteiger partial charge in [-0.2, -0.15) is 4.31 Å². The molecule has 10 heteroatoms. The Kier molecular flexibility index (Phi) is 11.2. The molecule has 0 bridgehead atoms. The summed E-state index contributed by atoms with van der Waals surface area (Å²) in [6.45, 7) is 4.59. The third-order valence-corrected chi connectivity index (χ3v) is 7.09. The highest BCUT2D eigenvalue weighted by atomic mass is 32.2. The van der Waals surface area contributed by atoms with Crippen molar-refractivity contribution in [3.8, 4) is 12.3 Å². The van der Waals surface area contributed by atoms with Crippen LogP contribution >= 0.6 is 0 Å². The van der Waals surface area contributed by atoms with Crippen LogP contribution in [0.3, 0.4) is 0 Å². The van der Waals surface area contributed by atoms with E-state index in [1.165, 1.54) is 4.31 Å². The lowest BCUT2D eigenvalue weighted by Gasteiger charge is -2.31. The second kappa shape index (κ2) is 13.6. The van der Waals surface area contributed by atoms with Crippen LogP contribution in [0, 0.1) is 18.3 Å². The molecule has 0 aromatic heterocycles. The molecule has 0 radical (unpaired) electrons. The summed E-state index contributed by atoms with van der Waals surface area (Å²) in [4.78, 5) is 25.7. The Hall–Kier alpha value is -2.45. The zero-order chi connectivity index (χ0) is 26.0. The number of nitrogens with zero attached hydrogens (tertiary/aromatic N) is 1. The van der Waals surface area contributed by atoms with Crippen molar-refractivity contribution in [2.24, 2.45) is 5.92 Å². The third kappa shape index (κ3) is 9.61. The summed E-state index contributed by atoms with van der Waals surface area (Å²) in [6, 6.07) is 7.13. The average molecular weight is 507 g/mol. The smallest absolute Gasteiger partial charge is 0.243 e. The van der Waals surface area contributed by atoms with Crippen LogP contribution in [-0.2, 0) is 26.0 Å². The summed E-state index contributed by atoms with van der Waals surface area (Å²) in [7, 11) is -3.57. The van der Waals surface area contributed by atoms with Crippen LogP contribution in [0.15, 0.2) is 30.3 Å². The minimum Gasteiger partial charge on any atom is -0.390 e. The van der Waals surface area contributed by atoms with Gasteiger partial charge in [-0.25, -0.2) is 8.42 Å². The molecular formula is C25H38N4O5S. The van der Waals surface area contributed by atoms with Crippen molar-refractivity contribution in [2.75, 3.05) is 25.9 Å². The number of amides is 2. The number of carbonyl (C=O) groups excluding carboxylic acids is 2. The highest BCUT2D eigenvalue weighted by Gasteiger charge is 2.31. The Labute approximate surface area is 209 Å². The molecule has 2 rings (SSSR count). The Balaban J connectivity index is 2.20. The summed E-state index contributed by atoms with van der Waals surface area (Å²) < 4.78 is 25.8. The first-order chi connectivity index (χ1) is 16.5. The van der Waals surface area contributed by atoms with Crippen molar-refractivity contribution in [2.45, 2.75) is 63.8 Å². The number of sulfonamides is 1. The second-order valence-electron chi connectivity index (χ2n) is 9.46. The predicted octanol–water partition coefficient (Wildman–Crippen LogP) is 0.253. The van der Waals surface area contributed by atoms with Crippen molar-refractivity contribution >= 4 is 21.8 Å². The van der Waals surface area contributed by atoms with Gasteiger partial charge >= 0.3 is 0 Å². The third-order valence-electron chi connectivity index (χ3n) is 5.85. The number of benzene rings is 1. The van der Waals surface area contributed by atoms with Gasteiger partial charge in [0.05, 0.1) is 24.4 Å². The fourth-order valence-electron chi connectivity index (χ4n) is 4.03. The van der Waals surface area contributed by atoms with Crippen LogP contribution in [0.4, 0.5) is 0 Å². The maximum atomic E-state index is 13.2. The van der Waals surface area contributed by atoms with Gasteiger partial charge in [0.2, 0.25) is 21.8 Å². The molecule has 35 heavy (non-hydrogen) atoms. The van der Waals surface area contributed by atoms with Crippen LogP contribution in [0.1, 0.15) is 38.7 Å². The Morgan fingerprint density at radius 2 is 1.91 bits per heavy atom. The summed E-state index contributed by atoms with van der Waals surface area (Å²) in [5.41, 5.74) is 0.860. The Bertz CT molecular complexity index is 971. The van der Waals surface area contributed by atoms with Crippen molar-refractivity contribution in [3.63, 3.8) is 0 Å². The molecule has 1 aliphatic heterocycles. The largest absolute Gasteiger partial charge is 0.390 e. The number of hydrogen-bond donors (Lipinski definition) is 4. The van der Waals surface area contributed by atoms with E-state index in [-0.39, 0.29) is 43.8 Å². The molecule has 0 saturated carbocycles. The topological polar surface area (TPSA) is 128 Å². The monoisotopic (exact) mass is 506 g/mol. The van der Waals surface area contributed by atoms with Gasteiger partial charge in [-0.05, 0) is 37.3 Å². The van der Waals surface area contributed by atoms with E-state index < -0.39 is 34.1 Å². The van der Waals surface area contributed by atoms with Crippen molar-refractivity contribution < 1.29 is 23.1 Å². The molecule has 4 N–H and O–H groups in total. The SMILES string of the molecule is C#CCC(NC(=O)C1CCCN1)C(=O)NC(Cc1ccccc1)C(O)CN(CC(C)C)S(C)(=O)=O. The maximum Gasteiger partial charge on any atom is 0.243 e. The normalized spacial score (nSPS) is 18.6. The molecule has 1 saturated heterocycles. The lowest BCUT2D eigenvalue weighted by atomic mass is 10.00. The molecule has 0 aliphatic carbocycles. The first-order valence-corrected chi connectivity index (χ1v) is 13.8. The lowest BCUT2D eigenvalue weighted by molar-refractivity contribution is -0.130. The minimum absolute atomic E-state index is 0.0126.